The molecule has 172 valence electrons. The topological polar surface area (TPSA) is 109 Å². The van der Waals surface area contributed by atoms with Crippen molar-refractivity contribution >= 4 is 45.8 Å². The molecule has 8 nitrogen and oxygen atoms in total. The van der Waals surface area contributed by atoms with Crippen LogP contribution in [0.5, 0.6) is 0 Å². The summed E-state index contributed by atoms with van der Waals surface area (Å²) in [6.07, 6.45) is 1.77. The Morgan fingerprint density at radius 2 is 1.64 bits per heavy atom. The summed E-state index contributed by atoms with van der Waals surface area (Å²) in [5.41, 5.74) is 1.88. The molecule has 0 unspecified atom stereocenters. The summed E-state index contributed by atoms with van der Waals surface area (Å²) in [5.74, 6) is -1.09. The van der Waals surface area contributed by atoms with Crippen molar-refractivity contribution in [2.24, 2.45) is 0 Å². The Balaban J connectivity index is 1.46. The summed E-state index contributed by atoms with van der Waals surface area (Å²) < 4.78 is 18.1. The molecule has 0 atom stereocenters. The number of rotatable bonds is 9. The van der Waals surface area contributed by atoms with Gasteiger partial charge in [-0.05, 0) is 55.0 Å². The van der Waals surface area contributed by atoms with E-state index in [1.807, 2.05) is 6.92 Å². The fourth-order valence-corrected chi connectivity index (χ4v) is 3.40. The second-order valence-electron chi connectivity index (χ2n) is 7.02. The van der Waals surface area contributed by atoms with E-state index >= 15 is 0 Å². The van der Waals surface area contributed by atoms with Crippen LogP contribution in [-0.2, 0) is 16.0 Å². The minimum absolute atomic E-state index is 0.0125. The molecule has 0 fully saturated rings. The summed E-state index contributed by atoms with van der Waals surface area (Å²) in [6.45, 7) is 2.40. The van der Waals surface area contributed by atoms with E-state index in [9.17, 15) is 18.8 Å². The van der Waals surface area contributed by atoms with Gasteiger partial charge in [0.1, 0.15) is 5.82 Å². The minimum atomic E-state index is -0.528. The quantitative estimate of drug-likeness (QED) is 0.299. The Morgan fingerprint density at radius 3 is 2.33 bits per heavy atom. The third kappa shape index (κ3) is 7.69. The molecule has 0 aliphatic carbocycles. The summed E-state index contributed by atoms with van der Waals surface area (Å²) in [7, 11) is 0. The van der Waals surface area contributed by atoms with Crippen molar-refractivity contribution in [2.75, 3.05) is 22.6 Å². The minimum Gasteiger partial charge on any atom is -0.462 e. The molecule has 0 aliphatic rings. The van der Waals surface area contributed by atoms with E-state index in [0.717, 1.165) is 12.8 Å². The highest BCUT2D eigenvalue weighted by molar-refractivity contribution is 7.14. The molecule has 1 aromatic heterocycles. The number of carbonyl (C=O) groups is 3. The molecule has 3 amide bonds. The van der Waals surface area contributed by atoms with Gasteiger partial charge in [-0.2, -0.15) is 0 Å². The van der Waals surface area contributed by atoms with Gasteiger partial charge in [0.15, 0.2) is 5.13 Å². The number of aromatic nitrogens is 1. The van der Waals surface area contributed by atoms with Gasteiger partial charge < -0.3 is 15.4 Å². The molecule has 3 N–H and O–H groups in total. The van der Waals surface area contributed by atoms with Crippen molar-refractivity contribution in [3.8, 4) is 0 Å². The van der Waals surface area contributed by atoms with Gasteiger partial charge in [-0.25, -0.2) is 19.0 Å². The maximum atomic E-state index is 12.9. The third-order valence-electron chi connectivity index (χ3n) is 4.35. The largest absolute Gasteiger partial charge is 0.462 e. The highest BCUT2D eigenvalue weighted by atomic mass is 32.1. The van der Waals surface area contributed by atoms with Gasteiger partial charge in [0.2, 0.25) is 5.91 Å². The van der Waals surface area contributed by atoms with Crippen molar-refractivity contribution in [3.05, 3.63) is 71.0 Å². The van der Waals surface area contributed by atoms with Crippen LogP contribution in [0.15, 0.2) is 53.9 Å². The first-order chi connectivity index (χ1) is 15.9. The van der Waals surface area contributed by atoms with Gasteiger partial charge in [-0.3, -0.25) is 10.1 Å². The number of nitrogens with zero attached hydrogens (tertiary/aromatic N) is 1. The van der Waals surface area contributed by atoms with Crippen LogP contribution in [0, 0.1) is 5.82 Å². The average Bonchev–Trinajstić information content (AvgIpc) is 3.22. The number of urea groups is 1. The Labute approximate surface area is 194 Å². The number of halogens is 1. The number of carbonyl (C=O) groups excluding carboxylic acids is 3. The van der Waals surface area contributed by atoms with Crippen LogP contribution in [-0.4, -0.2) is 29.5 Å². The molecule has 0 bridgehead atoms. The lowest BCUT2D eigenvalue weighted by Crippen LogP contribution is -2.19. The standard InChI is InChI=1S/C23H23FN4O4S/c1-2-3-12-32-21(30)15-4-8-17(9-5-15)25-20(29)13-19-14-33-23(27-19)28-22(31)26-18-10-6-16(24)7-11-18/h4-11,14H,2-3,12-13H2,1H3,(H,25,29)(H2,26,27,28,31). The highest BCUT2D eigenvalue weighted by Crippen LogP contribution is 2.18. The summed E-state index contributed by atoms with van der Waals surface area (Å²) >= 11 is 1.18. The number of hydrogen-bond acceptors (Lipinski definition) is 6. The first-order valence-corrected chi connectivity index (χ1v) is 11.2. The molecule has 0 saturated heterocycles. The molecular formula is C23H23FN4O4S. The number of anilines is 3. The lowest BCUT2D eigenvalue weighted by molar-refractivity contribution is -0.115. The van der Waals surface area contributed by atoms with Crippen LogP contribution in [0.4, 0.5) is 25.7 Å². The van der Waals surface area contributed by atoms with E-state index in [1.165, 1.54) is 35.6 Å². The molecule has 1 heterocycles. The van der Waals surface area contributed by atoms with Crippen LogP contribution >= 0.6 is 11.3 Å². The first-order valence-electron chi connectivity index (χ1n) is 10.3. The van der Waals surface area contributed by atoms with Gasteiger partial charge >= 0.3 is 12.0 Å². The van der Waals surface area contributed by atoms with E-state index in [2.05, 4.69) is 20.9 Å². The normalized spacial score (nSPS) is 10.4. The van der Waals surface area contributed by atoms with E-state index < -0.39 is 17.8 Å². The Bertz CT molecular complexity index is 1100. The number of thiazole rings is 1. The fraction of sp³-hybridized carbons (Fsp3) is 0.217. The van der Waals surface area contributed by atoms with Crippen molar-refractivity contribution in [1.82, 2.24) is 4.98 Å². The van der Waals surface area contributed by atoms with Gasteiger partial charge in [-0.15, -0.1) is 11.3 Å². The molecular weight excluding hydrogens is 447 g/mol. The van der Waals surface area contributed by atoms with Gasteiger partial charge in [0, 0.05) is 16.8 Å². The van der Waals surface area contributed by atoms with Crippen LogP contribution in [0.25, 0.3) is 0 Å². The second-order valence-corrected chi connectivity index (χ2v) is 7.88. The molecule has 0 saturated carbocycles. The third-order valence-corrected chi connectivity index (χ3v) is 5.16. The number of benzene rings is 2. The lowest BCUT2D eigenvalue weighted by atomic mass is 10.2. The van der Waals surface area contributed by atoms with Gasteiger partial charge in [0.25, 0.3) is 0 Å². The van der Waals surface area contributed by atoms with Crippen LogP contribution < -0.4 is 16.0 Å². The summed E-state index contributed by atoms with van der Waals surface area (Å²) in [4.78, 5) is 40.5. The molecule has 3 rings (SSSR count). The lowest BCUT2D eigenvalue weighted by Gasteiger charge is -2.07. The van der Waals surface area contributed by atoms with Crippen LogP contribution in [0.2, 0.25) is 0 Å². The smallest absolute Gasteiger partial charge is 0.338 e. The number of amides is 3. The second kappa shape index (κ2) is 11.7. The number of esters is 1. The molecule has 2 aromatic carbocycles. The number of nitrogens with one attached hydrogen (secondary N) is 3. The zero-order chi connectivity index (χ0) is 23.6. The Morgan fingerprint density at radius 1 is 0.970 bits per heavy atom. The molecule has 0 radical (unpaired) electrons. The van der Waals surface area contributed by atoms with E-state index in [-0.39, 0.29) is 12.3 Å². The average molecular weight is 471 g/mol. The molecule has 0 aliphatic heterocycles. The fourth-order valence-electron chi connectivity index (χ4n) is 2.69. The molecule has 3 aromatic rings. The Hall–Kier alpha value is -3.79. The van der Waals surface area contributed by atoms with Crippen molar-refractivity contribution in [3.63, 3.8) is 0 Å². The van der Waals surface area contributed by atoms with Crippen LogP contribution in [0.3, 0.4) is 0 Å². The van der Waals surface area contributed by atoms with Crippen LogP contribution in [0.1, 0.15) is 35.8 Å². The maximum Gasteiger partial charge on any atom is 0.338 e. The Kier molecular flexibility index (Phi) is 8.48. The zero-order valence-electron chi connectivity index (χ0n) is 17.9. The van der Waals surface area contributed by atoms with E-state index in [1.54, 1.807) is 29.6 Å². The number of ether oxygens (including phenoxy) is 1. The monoisotopic (exact) mass is 470 g/mol. The molecule has 10 heteroatoms. The SMILES string of the molecule is CCCCOC(=O)c1ccc(NC(=O)Cc2csc(NC(=O)Nc3ccc(F)cc3)n2)cc1. The summed E-state index contributed by atoms with van der Waals surface area (Å²) in [6, 6.07) is 11.3. The molecule has 33 heavy (non-hydrogen) atoms. The number of unbranched alkanes of at least 4 members (excludes halogenated alkanes) is 1. The van der Waals surface area contributed by atoms with Crippen molar-refractivity contribution in [2.45, 2.75) is 26.2 Å². The van der Waals surface area contributed by atoms with Gasteiger partial charge in [0.05, 0.1) is 24.3 Å². The predicted octanol–water partition coefficient (Wildman–Crippen LogP) is 5.06. The molecule has 0 spiro atoms. The van der Waals surface area contributed by atoms with Crippen molar-refractivity contribution in [1.29, 1.82) is 0 Å². The van der Waals surface area contributed by atoms with Gasteiger partial charge in [-0.1, -0.05) is 13.3 Å². The predicted molar refractivity (Wildman–Crippen MR) is 125 cm³/mol. The summed E-state index contributed by atoms with van der Waals surface area (Å²) in [5, 5.41) is 9.87. The van der Waals surface area contributed by atoms with Crippen molar-refractivity contribution < 1.29 is 23.5 Å². The maximum absolute atomic E-state index is 12.9. The number of hydrogen-bond donors (Lipinski definition) is 3. The first kappa shape index (κ1) is 23.9. The highest BCUT2D eigenvalue weighted by Gasteiger charge is 2.12. The van der Waals surface area contributed by atoms with E-state index in [4.69, 9.17) is 4.74 Å². The zero-order valence-corrected chi connectivity index (χ0v) is 18.7. The van der Waals surface area contributed by atoms with E-state index in [0.29, 0.717) is 34.4 Å².